The van der Waals surface area contributed by atoms with Crippen LogP contribution < -0.4 is 5.43 Å². The van der Waals surface area contributed by atoms with E-state index in [0.717, 1.165) is 0 Å². The van der Waals surface area contributed by atoms with E-state index in [1.54, 1.807) is 23.8 Å². The monoisotopic (exact) mass is 328 g/mol. The number of thiophene rings is 1. The molecule has 0 spiro atoms. The number of halogens is 2. The lowest BCUT2D eigenvalue weighted by molar-refractivity contribution is 0.0955. The molecule has 0 atom stereocenters. The molecule has 20 heavy (non-hydrogen) atoms. The van der Waals surface area contributed by atoms with Crippen LogP contribution in [0.2, 0.25) is 10.0 Å². The van der Waals surface area contributed by atoms with Crippen LogP contribution in [0.3, 0.4) is 0 Å². The number of hydrazone groups is 1. The second-order valence-corrected chi connectivity index (χ2v) is 5.56. The van der Waals surface area contributed by atoms with Gasteiger partial charge in [-0.1, -0.05) is 23.2 Å². The van der Waals surface area contributed by atoms with Gasteiger partial charge in [0.2, 0.25) is 0 Å². The molecule has 2 N–H and O–H groups in total. The molecule has 4 nitrogen and oxygen atoms in total. The molecule has 0 bridgehead atoms. The van der Waals surface area contributed by atoms with Gasteiger partial charge in [0, 0.05) is 16.0 Å². The Labute approximate surface area is 129 Å². The molecule has 1 aromatic carbocycles. The minimum Gasteiger partial charge on any atom is -0.506 e. The molecule has 0 unspecified atom stereocenters. The number of rotatable bonds is 3. The normalized spacial score (nSPS) is 11.4. The average Bonchev–Trinajstić information content (AvgIpc) is 2.93. The van der Waals surface area contributed by atoms with Gasteiger partial charge < -0.3 is 5.11 Å². The molecule has 1 amide bonds. The molecule has 2 aromatic rings. The van der Waals surface area contributed by atoms with Gasteiger partial charge in [-0.05, 0) is 30.5 Å². The summed E-state index contributed by atoms with van der Waals surface area (Å²) in [6.07, 6.45) is 0. The van der Waals surface area contributed by atoms with Gasteiger partial charge in [0.15, 0.2) is 0 Å². The Morgan fingerprint density at radius 2 is 2.15 bits per heavy atom. The number of benzene rings is 1. The number of phenols is 1. The predicted molar refractivity (Wildman–Crippen MR) is 82.1 cm³/mol. The van der Waals surface area contributed by atoms with E-state index < -0.39 is 0 Å². The number of phenolic OH excluding ortho intramolecular Hbond substituents is 1. The summed E-state index contributed by atoms with van der Waals surface area (Å²) in [5.41, 5.74) is 3.70. The summed E-state index contributed by atoms with van der Waals surface area (Å²) in [7, 11) is 0. The number of hydrogen-bond donors (Lipinski definition) is 2. The van der Waals surface area contributed by atoms with Crippen molar-refractivity contribution in [3.05, 3.63) is 50.1 Å². The van der Waals surface area contributed by atoms with Crippen molar-refractivity contribution in [2.24, 2.45) is 5.10 Å². The van der Waals surface area contributed by atoms with Gasteiger partial charge in [-0.15, -0.1) is 0 Å². The van der Waals surface area contributed by atoms with E-state index >= 15 is 0 Å². The topological polar surface area (TPSA) is 61.7 Å². The van der Waals surface area contributed by atoms with Crippen LogP contribution in [0, 0.1) is 0 Å². The molecule has 7 heteroatoms. The van der Waals surface area contributed by atoms with Gasteiger partial charge >= 0.3 is 0 Å². The lowest BCUT2D eigenvalue weighted by Crippen LogP contribution is -2.18. The van der Waals surface area contributed by atoms with Crippen LogP contribution in [-0.2, 0) is 0 Å². The Bertz CT molecular complexity index is 669. The molecule has 104 valence electrons. The van der Waals surface area contributed by atoms with E-state index in [1.807, 2.05) is 0 Å². The number of nitrogens with zero attached hydrogens (tertiary/aromatic N) is 1. The van der Waals surface area contributed by atoms with Crippen molar-refractivity contribution >= 4 is 46.2 Å². The Hall–Kier alpha value is -1.56. The van der Waals surface area contributed by atoms with E-state index in [2.05, 4.69) is 10.5 Å². The fourth-order valence-corrected chi connectivity index (χ4v) is 2.62. The maximum Gasteiger partial charge on any atom is 0.272 e. The largest absolute Gasteiger partial charge is 0.506 e. The molecule has 0 saturated heterocycles. The second-order valence-electron chi connectivity index (χ2n) is 3.93. The number of carbonyl (C=O) groups excluding carboxylic acids is 1. The summed E-state index contributed by atoms with van der Waals surface area (Å²) in [4.78, 5) is 11.7. The molecule has 0 fully saturated rings. The van der Waals surface area contributed by atoms with Crippen molar-refractivity contribution in [2.75, 3.05) is 0 Å². The van der Waals surface area contributed by atoms with Crippen LogP contribution in [-0.4, -0.2) is 16.7 Å². The maximum atomic E-state index is 11.7. The molecule has 0 saturated carbocycles. The molecule has 0 aliphatic heterocycles. The summed E-state index contributed by atoms with van der Waals surface area (Å²) in [6.45, 7) is 1.63. The molecule has 1 heterocycles. The molecule has 0 aliphatic carbocycles. The van der Waals surface area contributed by atoms with Crippen LogP contribution in [0.1, 0.15) is 22.8 Å². The summed E-state index contributed by atoms with van der Waals surface area (Å²) in [5, 5.41) is 17.8. The average molecular weight is 329 g/mol. The first kappa shape index (κ1) is 14.8. The third-order valence-corrected chi connectivity index (χ3v) is 3.72. The van der Waals surface area contributed by atoms with E-state index in [-0.39, 0.29) is 16.7 Å². The van der Waals surface area contributed by atoms with Crippen molar-refractivity contribution in [3.8, 4) is 5.75 Å². The zero-order valence-electron chi connectivity index (χ0n) is 10.4. The maximum absolute atomic E-state index is 11.7. The summed E-state index contributed by atoms with van der Waals surface area (Å²) >= 11 is 13.1. The van der Waals surface area contributed by atoms with Gasteiger partial charge in [-0.2, -0.15) is 16.4 Å². The Balaban J connectivity index is 2.21. The first-order valence-corrected chi connectivity index (χ1v) is 7.24. The molecular weight excluding hydrogens is 319 g/mol. The van der Waals surface area contributed by atoms with E-state index in [0.29, 0.717) is 21.9 Å². The standard InChI is InChI=1S/C13H10Cl2N2O2S/c1-7(10-4-9(14)5-11(15)12(10)18)16-17-13(19)8-2-3-20-6-8/h2-6,18H,1H3,(H,17,19). The van der Waals surface area contributed by atoms with Crippen molar-refractivity contribution < 1.29 is 9.90 Å². The van der Waals surface area contributed by atoms with Gasteiger partial charge in [-0.3, -0.25) is 4.79 Å². The van der Waals surface area contributed by atoms with Crippen LogP contribution in [0.25, 0.3) is 0 Å². The SMILES string of the molecule is CC(=NNC(=O)c1ccsc1)c1cc(Cl)cc(Cl)c1O. The van der Waals surface area contributed by atoms with Crippen LogP contribution in [0.4, 0.5) is 0 Å². The first-order valence-electron chi connectivity index (χ1n) is 5.54. The number of carbonyl (C=O) groups is 1. The number of hydrogen-bond acceptors (Lipinski definition) is 4. The zero-order chi connectivity index (χ0) is 14.7. The van der Waals surface area contributed by atoms with Crippen LogP contribution >= 0.6 is 34.5 Å². The zero-order valence-corrected chi connectivity index (χ0v) is 12.7. The second kappa shape index (κ2) is 6.26. The minimum absolute atomic E-state index is 0.123. The lowest BCUT2D eigenvalue weighted by Gasteiger charge is -2.07. The summed E-state index contributed by atoms with van der Waals surface area (Å²) in [5.74, 6) is -0.444. The van der Waals surface area contributed by atoms with Gasteiger partial charge in [0.05, 0.1) is 16.3 Å². The van der Waals surface area contributed by atoms with Crippen molar-refractivity contribution in [1.82, 2.24) is 5.43 Å². The number of nitrogens with one attached hydrogen (secondary N) is 1. The van der Waals surface area contributed by atoms with Gasteiger partial charge in [0.25, 0.3) is 5.91 Å². The first-order chi connectivity index (χ1) is 9.49. The lowest BCUT2D eigenvalue weighted by atomic mass is 10.1. The van der Waals surface area contributed by atoms with Crippen LogP contribution in [0.5, 0.6) is 5.75 Å². The van der Waals surface area contributed by atoms with Crippen molar-refractivity contribution in [3.63, 3.8) is 0 Å². The Morgan fingerprint density at radius 1 is 1.40 bits per heavy atom. The quantitative estimate of drug-likeness (QED) is 0.662. The van der Waals surface area contributed by atoms with Crippen LogP contribution in [0.15, 0.2) is 34.1 Å². The van der Waals surface area contributed by atoms with Crippen molar-refractivity contribution in [2.45, 2.75) is 6.92 Å². The van der Waals surface area contributed by atoms with E-state index in [9.17, 15) is 9.90 Å². The van der Waals surface area contributed by atoms with E-state index in [1.165, 1.54) is 23.5 Å². The molecule has 1 aromatic heterocycles. The number of aromatic hydroxyl groups is 1. The highest BCUT2D eigenvalue weighted by atomic mass is 35.5. The third kappa shape index (κ3) is 3.30. The fraction of sp³-hybridized carbons (Fsp3) is 0.0769. The van der Waals surface area contributed by atoms with Crippen molar-refractivity contribution in [1.29, 1.82) is 0 Å². The Morgan fingerprint density at radius 3 is 2.80 bits per heavy atom. The molecular formula is C13H10Cl2N2O2S. The highest BCUT2D eigenvalue weighted by molar-refractivity contribution is 7.08. The number of amides is 1. The Kier molecular flexibility index (Phi) is 4.65. The smallest absolute Gasteiger partial charge is 0.272 e. The highest BCUT2D eigenvalue weighted by Gasteiger charge is 2.11. The fourth-order valence-electron chi connectivity index (χ4n) is 1.49. The minimum atomic E-state index is -0.321. The van der Waals surface area contributed by atoms with Gasteiger partial charge in [-0.25, -0.2) is 5.43 Å². The predicted octanol–water partition coefficient (Wildman–Crippen LogP) is 3.91. The molecule has 0 aliphatic rings. The van der Waals surface area contributed by atoms with E-state index in [4.69, 9.17) is 23.2 Å². The molecule has 0 radical (unpaired) electrons. The summed E-state index contributed by atoms with van der Waals surface area (Å²) < 4.78 is 0. The molecule has 2 rings (SSSR count). The summed E-state index contributed by atoms with van der Waals surface area (Å²) in [6, 6.07) is 4.65. The highest BCUT2D eigenvalue weighted by Crippen LogP contribution is 2.31. The van der Waals surface area contributed by atoms with Gasteiger partial charge in [0.1, 0.15) is 5.75 Å². The third-order valence-electron chi connectivity index (χ3n) is 2.53.